The van der Waals surface area contributed by atoms with E-state index in [1.165, 1.54) is 19.2 Å². The van der Waals surface area contributed by atoms with Crippen LogP contribution in [0.5, 0.6) is 11.5 Å². The van der Waals surface area contributed by atoms with Gasteiger partial charge in [-0.25, -0.2) is 0 Å². The number of nitrogens with zero attached hydrogens (tertiary/aromatic N) is 3. The van der Waals surface area contributed by atoms with Crippen molar-refractivity contribution in [2.24, 2.45) is 7.05 Å². The fourth-order valence-corrected chi connectivity index (χ4v) is 3.62. The van der Waals surface area contributed by atoms with Crippen LogP contribution in [0, 0.1) is 24.0 Å². The summed E-state index contributed by atoms with van der Waals surface area (Å²) in [5.74, 6) is -0.407. The summed E-state index contributed by atoms with van der Waals surface area (Å²) in [6, 6.07) is 9.03. The van der Waals surface area contributed by atoms with Gasteiger partial charge in [0.1, 0.15) is 17.2 Å². The summed E-state index contributed by atoms with van der Waals surface area (Å²) in [4.78, 5) is 23.3. The molecule has 0 unspecified atom stereocenters. The van der Waals surface area contributed by atoms with Crippen LogP contribution in [0.1, 0.15) is 27.3 Å². The van der Waals surface area contributed by atoms with E-state index < -0.39 is 32.9 Å². The maximum absolute atomic E-state index is 13.1. The van der Waals surface area contributed by atoms with Gasteiger partial charge in [0.25, 0.3) is 11.6 Å². The first kappa shape index (κ1) is 23.3. The summed E-state index contributed by atoms with van der Waals surface area (Å²) >= 11 is 2.77. The second-order valence-corrected chi connectivity index (χ2v) is 7.72. The van der Waals surface area contributed by atoms with Crippen LogP contribution in [-0.4, -0.2) is 20.6 Å². The third kappa shape index (κ3) is 4.90. The monoisotopic (exact) mass is 512 g/mol. The first-order valence-electron chi connectivity index (χ1n) is 9.02. The lowest BCUT2D eigenvalue weighted by atomic mass is 10.1. The zero-order valence-corrected chi connectivity index (χ0v) is 18.5. The molecule has 2 aromatic carbocycles. The second-order valence-electron chi connectivity index (χ2n) is 6.93. The molecule has 0 atom stereocenters. The number of hydrogen-bond acceptors (Lipinski definition) is 5. The molecule has 8 nitrogen and oxygen atoms in total. The summed E-state index contributed by atoms with van der Waals surface area (Å²) in [5.41, 5.74) is -0.379. The minimum absolute atomic E-state index is 0.0360. The highest BCUT2D eigenvalue weighted by Crippen LogP contribution is 2.36. The van der Waals surface area contributed by atoms with Crippen molar-refractivity contribution < 1.29 is 27.6 Å². The Morgan fingerprint density at radius 3 is 2.50 bits per heavy atom. The average molecular weight is 513 g/mol. The first-order chi connectivity index (χ1) is 14.9. The number of halogens is 4. The van der Waals surface area contributed by atoms with Crippen molar-refractivity contribution in [3.63, 3.8) is 0 Å². The van der Waals surface area contributed by atoms with Crippen LogP contribution in [0.3, 0.4) is 0 Å². The molecule has 3 aromatic rings. The van der Waals surface area contributed by atoms with Gasteiger partial charge in [-0.05, 0) is 47.0 Å². The van der Waals surface area contributed by atoms with Crippen LogP contribution in [0.25, 0.3) is 0 Å². The number of benzene rings is 2. The van der Waals surface area contributed by atoms with Gasteiger partial charge in [-0.2, -0.15) is 18.3 Å². The van der Waals surface area contributed by atoms with Crippen molar-refractivity contribution >= 4 is 33.2 Å². The zero-order valence-electron chi connectivity index (χ0n) is 17.0. The van der Waals surface area contributed by atoms with E-state index in [4.69, 9.17) is 4.74 Å². The van der Waals surface area contributed by atoms with Gasteiger partial charge in [-0.3, -0.25) is 19.6 Å². The summed E-state index contributed by atoms with van der Waals surface area (Å²) in [6.07, 6.45) is -4.77. The number of ether oxygens (including phenoxy) is 1. The first-order valence-corrected chi connectivity index (χ1v) is 9.81. The van der Waals surface area contributed by atoms with Gasteiger partial charge >= 0.3 is 6.18 Å². The molecule has 0 saturated heterocycles. The fourth-order valence-electron chi connectivity index (χ4n) is 2.88. The summed E-state index contributed by atoms with van der Waals surface area (Å²) in [5, 5.41) is 17.1. The number of nitro groups is 1. The molecule has 0 saturated carbocycles. The zero-order chi connectivity index (χ0) is 23.8. The Labute approximate surface area is 188 Å². The minimum atomic E-state index is -4.77. The Hall–Kier alpha value is -3.41. The molecule has 32 heavy (non-hydrogen) atoms. The molecule has 0 aliphatic rings. The van der Waals surface area contributed by atoms with E-state index in [9.17, 15) is 28.1 Å². The van der Waals surface area contributed by atoms with Crippen molar-refractivity contribution in [1.82, 2.24) is 9.78 Å². The predicted molar refractivity (Wildman–Crippen MR) is 113 cm³/mol. The van der Waals surface area contributed by atoms with Gasteiger partial charge < -0.3 is 10.1 Å². The number of aryl methyl sites for hydroxylation is 3. The van der Waals surface area contributed by atoms with Crippen LogP contribution in [0.4, 0.5) is 24.5 Å². The highest BCUT2D eigenvalue weighted by atomic mass is 79.9. The Balaban J connectivity index is 1.96. The maximum Gasteiger partial charge on any atom is 0.436 e. The van der Waals surface area contributed by atoms with E-state index in [1.54, 1.807) is 13.0 Å². The number of rotatable bonds is 5. The molecule has 0 spiro atoms. The normalized spacial score (nSPS) is 11.3. The minimum Gasteiger partial charge on any atom is -0.457 e. The highest BCUT2D eigenvalue weighted by molar-refractivity contribution is 9.10. The quantitative estimate of drug-likeness (QED) is 0.345. The van der Waals surface area contributed by atoms with Crippen LogP contribution in [0.15, 0.2) is 40.9 Å². The molecule has 1 N–H and O–H groups in total. The molecule has 12 heteroatoms. The van der Waals surface area contributed by atoms with Crippen LogP contribution >= 0.6 is 15.9 Å². The lowest BCUT2D eigenvalue weighted by Gasteiger charge is -2.12. The summed E-state index contributed by atoms with van der Waals surface area (Å²) < 4.78 is 45.2. The molecule has 0 aliphatic carbocycles. The van der Waals surface area contributed by atoms with Gasteiger partial charge in [-0.1, -0.05) is 12.1 Å². The van der Waals surface area contributed by atoms with Crippen molar-refractivity contribution in [2.45, 2.75) is 20.0 Å². The number of non-ortho nitro benzene ring substituents is 1. The lowest BCUT2D eigenvalue weighted by molar-refractivity contribution is -0.384. The number of nitro benzene ring substituents is 1. The molecule has 0 aliphatic heterocycles. The maximum atomic E-state index is 13.1. The van der Waals surface area contributed by atoms with Gasteiger partial charge in [0, 0.05) is 19.2 Å². The third-order valence-electron chi connectivity index (χ3n) is 4.40. The third-order valence-corrected chi connectivity index (χ3v) is 5.16. The number of hydrogen-bond donors (Lipinski definition) is 1. The Bertz CT molecular complexity index is 1220. The average Bonchev–Trinajstić information content (AvgIpc) is 2.99. The van der Waals surface area contributed by atoms with Crippen molar-refractivity contribution in [3.05, 3.63) is 73.5 Å². The molecular formula is C20H16BrF3N4O4. The molecule has 0 bridgehead atoms. The fraction of sp³-hybridized carbons (Fsp3) is 0.200. The van der Waals surface area contributed by atoms with Crippen LogP contribution in [0.2, 0.25) is 0 Å². The number of aromatic nitrogens is 2. The van der Waals surface area contributed by atoms with Gasteiger partial charge in [-0.15, -0.1) is 0 Å². The molecule has 0 radical (unpaired) electrons. The van der Waals surface area contributed by atoms with Gasteiger partial charge in [0.05, 0.1) is 21.1 Å². The van der Waals surface area contributed by atoms with E-state index in [1.807, 2.05) is 19.1 Å². The Morgan fingerprint density at radius 1 is 1.22 bits per heavy atom. The number of anilines is 1. The SMILES string of the molecule is Cc1ccc(C)c(Oc2cc(NC(=O)c3c(Br)c(C(F)(F)F)nn3C)cc([N+](=O)[O-])c2)c1. The van der Waals surface area contributed by atoms with Crippen molar-refractivity contribution in [3.8, 4) is 11.5 Å². The lowest BCUT2D eigenvalue weighted by Crippen LogP contribution is -2.16. The standard InChI is InChI=1S/C20H16BrF3N4O4/c1-10-4-5-11(2)15(6-10)32-14-8-12(7-13(9-14)28(30)31)25-19(29)17-16(21)18(20(22,23)24)26-27(17)3/h4-9H,1-3H3,(H,25,29). The van der Waals surface area contributed by atoms with E-state index in [2.05, 4.69) is 26.3 Å². The number of carbonyl (C=O) groups excluding carboxylic acids is 1. The highest BCUT2D eigenvalue weighted by Gasteiger charge is 2.39. The van der Waals surface area contributed by atoms with E-state index in [-0.39, 0.29) is 17.1 Å². The molecule has 1 heterocycles. The van der Waals surface area contributed by atoms with Gasteiger partial charge in [0.2, 0.25) is 0 Å². The Morgan fingerprint density at radius 2 is 1.91 bits per heavy atom. The number of alkyl halides is 3. The van der Waals surface area contributed by atoms with Crippen molar-refractivity contribution in [1.29, 1.82) is 0 Å². The van der Waals surface area contributed by atoms with E-state index in [0.717, 1.165) is 21.9 Å². The number of nitrogens with one attached hydrogen (secondary N) is 1. The Kier molecular flexibility index (Phi) is 6.26. The number of amides is 1. The smallest absolute Gasteiger partial charge is 0.436 e. The largest absolute Gasteiger partial charge is 0.457 e. The van der Waals surface area contributed by atoms with Crippen molar-refractivity contribution in [2.75, 3.05) is 5.32 Å². The summed E-state index contributed by atoms with van der Waals surface area (Å²) in [7, 11) is 1.18. The molecule has 1 amide bonds. The number of carbonyl (C=O) groups is 1. The van der Waals surface area contributed by atoms with E-state index in [0.29, 0.717) is 5.75 Å². The van der Waals surface area contributed by atoms with Crippen LogP contribution in [-0.2, 0) is 13.2 Å². The van der Waals surface area contributed by atoms with Gasteiger partial charge in [0.15, 0.2) is 5.69 Å². The topological polar surface area (TPSA) is 99.3 Å². The second kappa shape index (κ2) is 8.61. The molecule has 3 rings (SSSR count). The molecule has 168 valence electrons. The molecule has 1 aromatic heterocycles. The van der Waals surface area contributed by atoms with E-state index >= 15 is 0 Å². The molecular weight excluding hydrogens is 497 g/mol. The summed E-state index contributed by atoms with van der Waals surface area (Å²) in [6.45, 7) is 3.65. The predicted octanol–water partition coefficient (Wildman–Crippen LogP) is 5.77. The molecule has 0 fully saturated rings. The van der Waals surface area contributed by atoms with Crippen LogP contribution < -0.4 is 10.1 Å².